The Labute approximate surface area is 119 Å². The van der Waals surface area contributed by atoms with Crippen LogP contribution in [0.2, 0.25) is 0 Å². The number of aromatic nitrogens is 2. The zero-order chi connectivity index (χ0) is 14.4. The molecule has 20 heavy (non-hydrogen) atoms. The first-order chi connectivity index (χ1) is 9.59. The highest BCUT2D eigenvalue weighted by Gasteiger charge is 2.18. The van der Waals surface area contributed by atoms with Gasteiger partial charge in [-0.15, -0.1) is 0 Å². The van der Waals surface area contributed by atoms with Crippen molar-refractivity contribution in [3.63, 3.8) is 0 Å². The van der Waals surface area contributed by atoms with Crippen LogP contribution in [0.25, 0.3) is 0 Å². The Kier molecular flexibility index (Phi) is 4.87. The van der Waals surface area contributed by atoms with Crippen LogP contribution in [0, 0.1) is 0 Å². The number of nitrogens with zero attached hydrogens (tertiary/aromatic N) is 2. The number of benzene rings is 1. The van der Waals surface area contributed by atoms with Gasteiger partial charge in [-0.25, -0.2) is 0 Å². The summed E-state index contributed by atoms with van der Waals surface area (Å²) in [5.41, 5.74) is 1.05. The minimum atomic E-state index is -0.122. The van der Waals surface area contributed by atoms with E-state index in [0.717, 1.165) is 0 Å². The Morgan fingerprint density at radius 1 is 1.25 bits per heavy atom. The molecule has 108 valence electrons. The molecular weight excluding hydrogens is 254 g/mol. The third kappa shape index (κ3) is 4.43. The molecule has 0 atom stereocenters. The minimum Gasteiger partial charge on any atom is -0.383 e. The smallest absolute Gasteiger partial charge is 0.240 e. The van der Waals surface area contributed by atoms with E-state index in [1.165, 1.54) is 5.56 Å². The molecule has 5 heteroatoms. The van der Waals surface area contributed by atoms with Gasteiger partial charge < -0.3 is 14.6 Å². The zero-order valence-electron chi connectivity index (χ0n) is 12.2. The summed E-state index contributed by atoms with van der Waals surface area (Å²) in [5, 5.41) is 7.33. The van der Waals surface area contributed by atoms with Crippen LogP contribution < -0.4 is 5.32 Å². The van der Waals surface area contributed by atoms with E-state index in [9.17, 15) is 0 Å². The Balaban J connectivity index is 1.89. The molecule has 0 aliphatic rings. The van der Waals surface area contributed by atoms with Crippen LogP contribution in [-0.4, -0.2) is 29.4 Å². The lowest BCUT2D eigenvalue weighted by molar-refractivity contribution is 0.125. The van der Waals surface area contributed by atoms with Crippen LogP contribution >= 0.6 is 0 Å². The van der Waals surface area contributed by atoms with Gasteiger partial charge in [-0.2, -0.15) is 4.98 Å². The van der Waals surface area contributed by atoms with Crippen LogP contribution in [-0.2, 0) is 17.7 Å². The highest BCUT2D eigenvalue weighted by atomic mass is 16.5. The average molecular weight is 275 g/mol. The van der Waals surface area contributed by atoms with E-state index in [-0.39, 0.29) is 5.54 Å². The second-order valence-corrected chi connectivity index (χ2v) is 5.44. The van der Waals surface area contributed by atoms with Crippen molar-refractivity contribution in [2.24, 2.45) is 0 Å². The molecule has 1 N–H and O–H groups in total. The summed E-state index contributed by atoms with van der Waals surface area (Å²) in [7, 11) is 1.69. The third-order valence-electron chi connectivity index (χ3n) is 2.94. The van der Waals surface area contributed by atoms with Crippen molar-refractivity contribution in [3.05, 3.63) is 47.6 Å². The maximum Gasteiger partial charge on any atom is 0.240 e. The van der Waals surface area contributed by atoms with Crippen LogP contribution in [0.4, 0.5) is 0 Å². The SMILES string of the molecule is COCC(C)(C)NCc1nc(Cc2ccccc2)no1. The van der Waals surface area contributed by atoms with Crippen LogP contribution in [0.1, 0.15) is 31.1 Å². The van der Waals surface area contributed by atoms with E-state index in [1.807, 2.05) is 18.2 Å². The summed E-state index contributed by atoms with van der Waals surface area (Å²) in [6.07, 6.45) is 0.686. The van der Waals surface area contributed by atoms with Gasteiger partial charge in [0.15, 0.2) is 5.82 Å². The number of nitrogens with one attached hydrogen (secondary N) is 1. The molecule has 2 aromatic rings. The first-order valence-corrected chi connectivity index (χ1v) is 6.68. The monoisotopic (exact) mass is 275 g/mol. The summed E-state index contributed by atoms with van der Waals surface area (Å²) in [6.45, 7) is 5.30. The molecule has 5 nitrogen and oxygen atoms in total. The van der Waals surface area contributed by atoms with Crippen molar-refractivity contribution in [1.29, 1.82) is 0 Å². The van der Waals surface area contributed by atoms with E-state index in [2.05, 4.69) is 41.4 Å². The van der Waals surface area contributed by atoms with Gasteiger partial charge in [0.25, 0.3) is 0 Å². The predicted octanol–water partition coefficient (Wildman–Crippen LogP) is 2.17. The molecule has 0 aliphatic heterocycles. The lowest BCUT2D eigenvalue weighted by Gasteiger charge is -2.24. The molecule has 0 bridgehead atoms. The Morgan fingerprint density at radius 3 is 2.70 bits per heavy atom. The topological polar surface area (TPSA) is 60.2 Å². The van der Waals surface area contributed by atoms with Gasteiger partial charge in [0.1, 0.15) is 0 Å². The van der Waals surface area contributed by atoms with Crippen molar-refractivity contribution in [1.82, 2.24) is 15.5 Å². The maximum atomic E-state index is 5.25. The molecule has 0 saturated carbocycles. The molecule has 0 aliphatic carbocycles. The van der Waals surface area contributed by atoms with Gasteiger partial charge in [-0.05, 0) is 19.4 Å². The molecule has 2 rings (SSSR count). The molecule has 0 amide bonds. The fraction of sp³-hybridized carbons (Fsp3) is 0.467. The van der Waals surface area contributed by atoms with Gasteiger partial charge in [-0.3, -0.25) is 0 Å². The van der Waals surface area contributed by atoms with Crippen LogP contribution in [0.5, 0.6) is 0 Å². The van der Waals surface area contributed by atoms with Crippen LogP contribution in [0.15, 0.2) is 34.9 Å². The van der Waals surface area contributed by atoms with E-state index in [0.29, 0.717) is 31.3 Å². The van der Waals surface area contributed by atoms with Crippen molar-refractivity contribution >= 4 is 0 Å². The number of hydrogen-bond acceptors (Lipinski definition) is 5. The normalized spacial score (nSPS) is 11.8. The lowest BCUT2D eigenvalue weighted by atomic mass is 10.1. The molecule has 0 radical (unpaired) electrons. The number of ether oxygens (including phenoxy) is 1. The molecule has 1 aromatic heterocycles. The van der Waals surface area contributed by atoms with Gasteiger partial charge in [-0.1, -0.05) is 35.5 Å². The van der Waals surface area contributed by atoms with Gasteiger partial charge in [0.05, 0.1) is 13.2 Å². The minimum absolute atomic E-state index is 0.122. The third-order valence-corrected chi connectivity index (χ3v) is 2.94. The van der Waals surface area contributed by atoms with Crippen LogP contribution in [0.3, 0.4) is 0 Å². The molecule has 1 heterocycles. The predicted molar refractivity (Wildman–Crippen MR) is 76.3 cm³/mol. The van der Waals surface area contributed by atoms with Crippen molar-refractivity contribution in [2.75, 3.05) is 13.7 Å². The van der Waals surface area contributed by atoms with Gasteiger partial charge in [0, 0.05) is 19.1 Å². The van der Waals surface area contributed by atoms with Gasteiger partial charge >= 0.3 is 0 Å². The van der Waals surface area contributed by atoms with E-state index >= 15 is 0 Å². The lowest BCUT2D eigenvalue weighted by Crippen LogP contribution is -2.42. The van der Waals surface area contributed by atoms with Crippen molar-refractivity contribution in [2.45, 2.75) is 32.4 Å². The average Bonchev–Trinajstić information content (AvgIpc) is 2.85. The maximum absolute atomic E-state index is 5.25. The molecular formula is C15H21N3O2. The summed E-state index contributed by atoms with van der Waals surface area (Å²) in [6, 6.07) is 10.1. The quantitative estimate of drug-likeness (QED) is 0.839. The molecule has 0 spiro atoms. The Morgan fingerprint density at radius 2 is 2.00 bits per heavy atom. The zero-order valence-corrected chi connectivity index (χ0v) is 12.2. The Hall–Kier alpha value is -1.72. The van der Waals surface area contributed by atoms with E-state index in [1.54, 1.807) is 7.11 Å². The number of rotatable bonds is 7. The van der Waals surface area contributed by atoms with E-state index in [4.69, 9.17) is 9.26 Å². The summed E-state index contributed by atoms with van der Waals surface area (Å²) in [4.78, 5) is 4.39. The van der Waals surface area contributed by atoms with Gasteiger partial charge in [0.2, 0.25) is 5.89 Å². The summed E-state index contributed by atoms with van der Waals surface area (Å²) < 4.78 is 10.4. The molecule has 0 unspecified atom stereocenters. The summed E-state index contributed by atoms with van der Waals surface area (Å²) in [5.74, 6) is 1.30. The second kappa shape index (κ2) is 6.63. The molecule has 0 saturated heterocycles. The molecule has 0 fully saturated rings. The standard InChI is InChI=1S/C15H21N3O2/c1-15(2,11-19-3)16-10-14-17-13(18-20-14)9-12-7-5-4-6-8-12/h4-8,16H,9-11H2,1-3H3. The van der Waals surface area contributed by atoms with Crippen molar-refractivity contribution < 1.29 is 9.26 Å². The number of methoxy groups -OCH3 is 1. The highest BCUT2D eigenvalue weighted by molar-refractivity contribution is 5.18. The summed E-state index contributed by atoms with van der Waals surface area (Å²) >= 11 is 0. The molecule has 1 aromatic carbocycles. The fourth-order valence-corrected chi connectivity index (χ4v) is 1.94. The van der Waals surface area contributed by atoms with Crippen molar-refractivity contribution in [3.8, 4) is 0 Å². The Bertz CT molecular complexity index is 523. The largest absolute Gasteiger partial charge is 0.383 e. The van der Waals surface area contributed by atoms with E-state index < -0.39 is 0 Å². The second-order valence-electron chi connectivity index (χ2n) is 5.44. The first-order valence-electron chi connectivity index (χ1n) is 6.68. The highest BCUT2D eigenvalue weighted by Crippen LogP contribution is 2.08. The first kappa shape index (κ1) is 14.7. The fourth-order valence-electron chi connectivity index (χ4n) is 1.94. The number of hydrogen-bond donors (Lipinski definition) is 1.